The van der Waals surface area contributed by atoms with Crippen molar-refractivity contribution in [1.82, 2.24) is 0 Å². The lowest BCUT2D eigenvalue weighted by atomic mass is 9.76. The van der Waals surface area contributed by atoms with Gasteiger partial charge in [0.25, 0.3) is 0 Å². The minimum atomic E-state index is -0.881. The fourth-order valence-corrected chi connectivity index (χ4v) is 7.84. The molecule has 4 aliphatic heterocycles. The molecular formula is C40H64O8. The van der Waals surface area contributed by atoms with Gasteiger partial charge in [-0.25, -0.2) is 9.59 Å². The lowest BCUT2D eigenvalue weighted by Crippen LogP contribution is -2.51. The summed E-state index contributed by atoms with van der Waals surface area (Å²) in [4.78, 5) is 22.8. The lowest BCUT2D eigenvalue weighted by molar-refractivity contribution is -0.183. The van der Waals surface area contributed by atoms with Crippen LogP contribution in [0.25, 0.3) is 0 Å². The quantitative estimate of drug-likeness (QED) is 0.220. The van der Waals surface area contributed by atoms with Gasteiger partial charge in [0.05, 0.1) is 35.6 Å². The number of aliphatic hydroxyl groups is 2. The van der Waals surface area contributed by atoms with Crippen LogP contribution in [0, 0.1) is 23.7 Å². The van der Waals surface area contributed by atoms with Gasteiger partial charge in [-0.2, -0.15) is 0 Å². The summed E-state index contributed by atoms with van der Waals surface area (Å²) in [6.45, 7) is 17.0. The Morgan fingerprint density at radius 1 is 0.667 bits per heavy atom. The van der Waals surface area contributed by atoms with Crippen molar-refractivity contribution in [2.75, 3.05) is 0 Å². The van der Waals surface area contributed by atoms with Crippen LogP contribution in [0.15, 0.2) is 46.6 Å². The first-order valence-corrected chi connectivity index (χ1v) is 18.4. The number of carbonyl (C=O) groups is 2. The van der Waals surface area contributed by atoms with Crippen LogP contribution in [0.3, 0.4) is 0 Å². The van der Waals surface area contributed by atoms with Crippen molar-refractivity contribution in [3.8, 4) is 0 Å². The van der Waals surface area contributed by atoms with E-state index in [4.69, 9.17) is 9.47 Å². The Bertz CT molecular complexity index is 1130. The molecule has 8 atom stereocenters. The van der Waals surface area contributed by atoms with E-state index in [1.54, 1.807) is 0 Å². The van der Waals surface area contributed by atoms with Crippen molar-refractivity contribution in [2.24, 2.45) is 23.7 Å². The summed E-state index contributed by atoms with van der Waals surface area (Å²) in [6, 6.07) is 0. The second kappa shape index (κ2) is 17.6. The van der Waals surface area contributed by atoms with Crippen LogP contribution < -0.4 is 0 Å². The van der Waals surface area contributed by atoms with Crippen molar-refractivity contribution in [3.05, 3.63) is 46.6 Å². The minimum absolute atomic E-state index is 0.0285. The van der Waals surface area contributed by atoms with Gasteiger partial charge >= 0.3 is 11.9 Å². The van der Waals surface area contributed by atoms with Crippen molar-refractivity contribution >= 4 is 11.9 Å². The zero-order chi connectivity index (χ0) is 35.8. The van der Waals surface area contributed by atoms with E-state index in [1.165, 1.54) is 11.1 Å². The number of fused-ring (bicyclic) bond motifs is 4. The average molecular weight is 673 g/mol. The third kappa shape index (κ3) is 10.9. The molecule has 0 saturated carbocycles. The maximum Gasteiger partial charge on any atom is 0.331 e. The second-order valence-electron chi connectivity index (χ2n) is 16.0. The van der Waals surface area contributed by atoms with E-state index >= 15 is 0 Å². The van der Waals surface area contributed by atoms with Gasteiger partial charge in [0.1, 0.15) is 0 Å². The van der Waals surface area contributed by atoms with Crippen LogP contribution in [0.2, 0.25) is 0 Å². The lowest BCUT2D eigenvalue weighted by Gasteiger charge is -2.46. The molecule has 4 N–H and O–H groups in total. The Labute approximate surface area is 289 Å². The molecule has 0 spiro atoms. The average Bonchev–Trinajstić information content (AvgIpc) is 2.99. The van der Waals surface area contributed by atoms with E-state index in [0.717, 1.165) is 51.4 Å². The number of carboxylic acid groups (broad SMARTS) is 2. The first kappa shape index (κ1) is 40.2. The summed E-state index contributed by atoms with van der Waals surface area (Å²) in [5, 5.41) is 40.0. The molecule has 0 aromatic rings. The highest BCUT2D eigenvalue weighted by molar-refractivity contribution is 5.86. The largest absolute Gasteiger partial charge is 0.478 e. The van der Waals surface area contributed by atoms with Gasteiger partial charge in [0.2, 0.25) is 0 Å². The first-order chi connectivity index (χ1) is 22.5. The smallest absolute Gasteiger partial charge is 0.331 e. The molecule has 8 nitrogen and oxygen atoms in total. The predicted octanol–water partition coefficient (Wildman–Crippen LogP) is 8.18. The van der Waals surface area contributed by atoms with Gasteiger partial charge < -0.3 is 29.9 Å². The van der Waals surface area contributed by atoms with Gasteiger partial charge in [-0.05, 0) is 128 Å². The Balaban J connectivity index is 0.000000260. The van der Waals surface area contributed by atoms with Gasteiger partial charge in [0, 0.05) is 11.1 Å². The molecule has 4 aliphatic rings. The molecule has 0 aromatic heterocycles. The number of carboxylic acids is 2. The molecule has 8 heteroatoms. The molecule has 4 rings (SSSR count). The molecule has 0 radical (unpaired) electrons. The standard InChI is InChI=1S/2C20H32O4/c2*1-13(2)16-10-11-20(4)18(21)9-8-15(19(22)23)7-5-6-14(3)12-17(16)24-20/h2*7,12-13,16-18,21H,5-6,8-11H2,1-4H3,(H,22,23)/b2*14-12+,15-7-/t2*16-,17+,18-,20+/m11/s1. The van der Waals surface area contributed by atoms with Gasteiger partial charge in [-0.15, -0.1) is 0 Å². The van der Waals surface area contributed by atoms with Crippen LogP contribution in [0.1, 0.15) is 132 Å². The highest BCUT2D eigenvalue weighted by Gasteiger charge is 2.44. The van der Waals surface area contributed by atoms with Crippen LogP contribution in [-0.4, -0.2) is 68.0 Å². The zero-order valence-electron chi connectivity index (χ0n) is 30.8. The molecule has 4 heterocycles. The van der Waals surface area contributed by atoms with Crippen LogP contribution in [-0.2, 0) is 19.1 Å². The number of aliphatic carboxylic acids is 2. The zero-order valence-corrected chi connectivity index (χ0v) is 30.8. The van der Waals surface area contributed by atoms with Crippen molar-refractivity contribution in [1.29, 1.82) is 0 Å². The molecule has 0 aliphatic carbocycles. The van der Waals surface area contributed by atoms with Gasteiger partial charge in [0.15, 0.2) is 0 Å². The van der Waals surface area contributed by atoms with E-state index < -0.39 is 35.3 Å². The number of aliphatic hydroxyl groups excluding tert-OH is 2. The fourth-order valence-electron chi connectivity index (χ4n) is 7.84. The van der Waals surface area contributed by atoms with E-state index in [0.29, 0.717) is 60.5 Å². The minimum Gasteiger partial charge on any atom is -0.478 e. The molecular weight excluding hydrogens is 608 g/mol. The number of allylic oxidation sites excluding steroid dienone is 4. The molecule has 4 bridgehead atoms. The van der Waals surface area contributed by atoms with Crippen molar-refractivity contribution in [2.45, 2.75) is 168 Å². The van der Waals surface area contributed by atoms with Gasteiger partial charge in [-0.3, -0.25) is 0 Å². The summed E-state index contributed by atoms with van der Waals surface area (Å²) in [5.74, 6) is 0.239. The van der Waals surface area contributed by atoms with Gasteiger partial charge in [-0.1, -0.05) is 63.1 Å². The monoisotopic (exact) mass is 672 g/mol. The summed E-state index contributed by atoms with van der Waals surface area (Å²) >= 11 is 0. The summed E-state index contributed by atoms with van der Waals surface area (Å²) < 4.78 is 12.8. The van der Waals surface area contributed by atoms with E-state index in [9.17, 15) is 30.0 Å². The van der Waals surface area contributed by atoms with E-state index in [-0.39, 0.29) is 12.2 Å². The normalized spacial score (nSPS) is 39.8. The Morgan fingerprint density at radius 3 is 1.33 bits per heavy atom. The number of hydrogen-bond donors (Lipinski definition) is 4. The fraction of sp³-hybridized carbons (Fsp3) is 0.750. The summed E-state index contributed by atoms with van der Waals surface area (Å²) in [6.07, 6.45) is 15.2. The maximum atomic E-state index is 11.4. The number of rotatable bonds is 4. The highest BCUT2D eigenvalue weighted by atomic mass is 16.5. The summed E-state index contributed by atoms with van der Waals surface area (Å²) in [7, 11) is 0. The topological polar surface area (TPSA) is 134 Å². The van der Waals surface area contributed by atoms with Crippen LogP contribution in [0.4, 0.5) is 0 Å². The third-order valence-corrected chi connectivity index (χ3v) is 11.4. The highest BCUT2D eigenvalue weighted by Crippen LogP contribution is 2.42. The van der Waals surface area contributed by atoms with E-state index in [2.05, 4.69) is 53.7 Å². The molecule has 0 amide bonds. The molecule has 48 heavy (non-hydrogen) atoms. The van der Waals surface area contributed by atoms with Crippen molar-refractivity contribution < 1.29 is 39.5 Å². The molecule has 0 aromatic carbocycles. The maximum absolute atomic E-state index is 11.4. The first-order valence-electron chi connectivity index (χ1n) is 18.4. The number of hydrogen-bond acceptors (Lipinski definition) is 6. The molecule has 2 fully saturated rings. The van der Waals surface area contributed by atoms with Crippen LogP contribution in [0.5, 0.6) is 0 Å². The molecule has 0 unspecified atom stereocenters. The molecule has 2 saturated heterocycles. The Hall–Kier alpha value is -2.26. The van der Waals surface area contributed by atoms with Crippen LogP contribution >= 0.6 is 0 Å². The predicted molar refractivity (Wildman–Crippen MR) is 190 cm³/mol. The Morgan fingerprint density at radius 2 is 1.02 bits per heavy atom. The molecule has 272 valence electrons. The Kier molecular flexibility index (Phi) is 14.7. The third-order valence-electron chi connectivity index (χ3n) is 11.4. The SMILES string of the molecule is C/C1=C\[C@@H]2O[C@@](C)(CC[C@@H]2C(C)C)[C@H](O)CC/C(C(=O)O)=C/CC1.C/C1=C\[C@@H]2O[C@@](C)(CC[C@@H]2C(C)C)[C@H](O)CC/C(C(=O)O)=C/CC1. The van der Waals surface area contributed by atoms with E-state index in [1.807, 2.05) is 26.0 Å². The van der Waals surface area contributed by atoms with Crippen molar-refractivity contribution in [3.63, 3.8) is 0 Å². The number of ether oxygens (including phenoxy) is 2. The second-order valence-corrected chi connectivity index (χ2v) is 16.0. The summed E-state index contributed by atoms with van der Waals surface area (Å²) in [5.41, 5.74) is 2.06.